The van der Waals surface area contributed by atoms with E-state index in [0.29, 0.717) is 0 Å². The van der Waals surface area contributed by atoms with Crippen LogP contribution in [-0.2, 0) is 6.54 Å². The third-order valence-electron chi connectivity index (χ3n) is 3.66. The third kappa shape index (κ3) is 4.03. The van der Waals surface area contributed by atoms with E-state index in [2.05, 4.69) is 28.8 Å². The zero-order valence-electron chi connectivity index (χ0n) is 12.6. The van der Waals surface area contributed by atoms with Crippen molar-refractivity contribution in [3.05, 3.63) is 17.0 Å². The van der Waals surface area contributed by atoms with Crippen LogP contribution in [0.25, 0.3) is 0 Å². The number of rotatable bonds is 4. The summed E-state index contributed by atoms with van der Waals surface area (Å²) in [5, 5.41) is 4.02. The summed E-state index contributed by atoms with van der Waals surface area (Å²) in [6, 6.07) is 0. The quantitative estimate of drug-likeness (QED) is 0.886. The van der Waals surface area contributed by atoms with E-state index in [1.807, 2.05) is 13.8 Å². The molecule has 108 valence electrons. The second-order valence-corrected chi connectivity index (χ2v) is 6.34. The van der Waals surface area contributed by atoms with E-state index >= 15 is 0 Å². The second-order valence-electron chi connectivity index (χ2n) is 6.34. The van der Waals surface area contributed by atoms with Gasteiger partial charge in [-0.1, -0.05) is 5.16 Å². The molecule has 2 rings (SSSR count). The fourth-order valence-electron chi connectivity index (χ4n) is 2.63. The molecule has 0 spiro atoms. The Labute approximate surface area is 115 Å². The van der Waals surface area contributed by atoms with Crippen LogP contribution in [0, 0.1) is 13.8 Å². The van der Waals surface area contributed by atoms with Crippen LogP contribution in [0.5, 0.6) is 0 Å². The molecule has 1 aliphatic rings. The summed E-state index contributed by atoms with van der Waals surface area (Å²) in [7, 11) is 0. The van der Waals surface area contributed by atoms with Crippen molar-refractivity contribution in [2.75, 3.05) is 32.7 Å². The van der Waals surface area contributed by atoms with Gasteiger partial charge in [0, 0.05) is 50.4 Å². The molecule has 0 aliphatic carbocycles. The molecule has 2 heterocycles. The van der Waals surface area contributed by atoms with Gasteiger partial charge in [-0.15, -0.1) is 0 Å². The van der Waals surface area contributed by atoms with Gasteiger partial charge in [-0.3, -0.25) is 9.80 Å². The normalized spacial score (nSPS) is 19.0. The maximum absolute atomic E-state index is 6.07. The molecule has 1 aliphatic heterocycles. The van der Waals surface area contributed by atoms with Crippen LogP contribution in [0.2, 0.25) is 0 Å². The number of nitrogens with two attached hydrogens (primary N) is 1. The lowest BCUT2D eigenvalue weighted by Crippen LogP contribution is -2.52. The third-order valence-corrected chi connectivity index (χ3v) is 3.66. The maximum Gasteiger partial charge on any atom is 0.138 e. The number of piperazine rings is 1. The van der Waals surface area contributed by atoms with Crippen LogP contribution in [-0.4, -0.2) is 53.2 Å². The SMILES string of the molecule is Cc1noc(C)c1CN1CCN(CC(C)(C)N)CC1. The highest BCUT2D eigenvalue weighted by Crippen LogP contribution is 2.16. The van der Waals surface area contributed by atoms with Gasteiger partial charge in [0.2, 0.25) is 0 Å². The average Bonchev–Trinajstić information content (AvgIpc) is 2.61. The van der Waals surface area contributed by atoms with Crippen LogP contribution in [0.1, 0.15) is 30.9 Å². The van der Waals surface area contributed by atoms with Gasteiger partial charge >= 0.3 is 0 Å². The molecule has 1 aromatic heterocycles. The number of hydrogen-bond donors (Lipinski definition) is 1. The van der Waals surface area contributed by atoms with Gasteiger partial charge in [0.05, 0.1) is 5.69 Å². The summed E-state index contributed by atoms with van der Waals surface area (Å²) < 4.78 is 5.22. The minimum absolute atomic E-state index is 0.107. The molecule has 0 radical (unpaired) electrons. The molecule has 0 atom stereocenters. The highest BCUT2D eigenvalue weighted by atomic mass is 16.5. The van der Waals surface area contributed by atoms with Gasteiger partial charge in [-0.05, 0) is 27.7 Å². The molecular weight excluding hydrogens is 240 g/mol. The lowest BCUT2D eigenvalue weighted by Gasteiger charge is -2.37. The van der Waals surface area contributed by atoms with Crippen LogP contribution < -0.4 is 5.73 Å². The standard InChI is InChI=1S/C14H26N4O/c1-11-13(12(2)19-16-11)9-17-5-7-18(8-6-17)10-14(3,4)15/h5-10,15H2,1-4H3. The predicted molar refractivity (Wildman–Crippen MR) is 76.0 cm³/mol. The van der Waals surface area contributed by atoms with Crippen LogP contribution in [0.3, 0.4) is 0 Å². The summed E-state index contributed by atoms with van der Waals surface area (Å²) in [5.41, 5.74) is 8.23. The fourth-order valence-corrected chi connectivity index (χ4v) is 2.63. The van der Waals surface area contributed by atoms with Crippen LogP contribution >= 0.6 is 0 Å². The Morgan fingerprint density at radius 3 is 2.21 bits per heavy atom. The number of nitrogens with zero attached hydrogens (tertiary/aromatic N) is 3. The van der Waals surface area contributed by atoms with Gasteiger partial charge < -0.3 is 10.3 Å². The summed E-state index contributed by atoms with van der Waals surface area (Å²) in [6.07, 6.45) is 0. The number of aromatic nitrogens is 1. The van der Waals surface area contributed by atoms with Gasteiger partial charge in [-0.2, -0.15) is 0 Å². The second kappa shape index (κ2) is 5.61. The van der Waals surface area contributed by atoms with E-state index in [4.69, 9.17) is 10.3 Å². The Kier molecular flexibility index (Phi) is 4.28. The van der Waals surface area contributed by atoms with E-state index in [1.165, 1.54) is 5.56 Å². The minimum Gasteiger partial charge on any atom is -0.361 e. The smallest absolute Gasteiger partial charge is 0.138 e. The van der Waals surface area contributed by atoms with Crippen molar-refractivity contribution in [1.29, 1.82) is 0 Å². The molecule has 0 bridgehead atoms. The highest BCUT2D eigenvalue weighted by molar-refractivity contribution is 5.20. The van der Waals surface area contributed by atoms with Crippen LogP contribution in [0.15, 0.2) is 4.52 Å². The average molecular weight is 266 g/mol. The Hall–Kier alpha value is -0.910. The molecule has 1 aromatic rings. The summed E-state index contributed by atoms with van der Waals surface area (Å²) in [4.78, 5) is 4.91. The maximum atomic E-state index is 6.07. The van der Waals surface area contributed by atoms with E-state index < -0.39 is 0 Å². The molecule has 0 amide bonds. The van der Waals surface area contributed by atoms with Crippen molar-refractivity contribution < 1.29 is 4.52 Å². The van der Waals surface area contributed by atoms with Crippen molar-refractivity contribution in [3.63, 3.8) is 0 Å². The van der Waals surface area contributed by atoms with Crippen molar-refractivity contribution in [2.45, 2.75) is 39.8 Å². The predicted octanol–water partition coefficient (Wildman–Crippen LogP) is 1.15. The van der Waals surface area contributed by atoms with Gasteiger partial charge in [0.15, 0.2) is 0 Å². The monoisotopic (exact) mass is 266 g/mol. The fraction of sp³-hybridized carbons (Fsp3) is 0.786. The first-order valence-corrected chi connectivity index (χ1v) is 7.00. The van der Waals surface area contributed by atoms with Gasteiger partial charge in [0.25, 0.3) is 0 Å². The summed E-state index contributed by atoms with van der Waals surface area (Å²) >= 11 is 0. The Bertz CT molecular complexity index is 394. The van der Waals surface area contributed by atoms with Crippen molar-refractivity contribution in [1.82, 2.24) is 15.0 Å². The van der Waals surface area contributed by atoms with Gasteiger partial charge in [0.1, 0.15) is 5.76 Å². The minimum atomic E-state index is -0.107. The topological polar surface area (TPSA) is 58.5 Å². The lowest BCUT2D eigenvalue weighted by atomic mass is 10.1. The van der Waals surface area contributed by atoms with E-state index in [1.54, 1.807) is 0 Å². The van der Waals surface area contributed by atoms with E-state index in [-0.39, 0.29) is 5.54 Å². The zero-order chi connectivity index (χ0) is 14.0. The molecular formula is C14H26N4O. The number of hydrogen-bond acceptors (Lipinski definition) is 5. The molecule has 2 N–H and O–H groups in total. The number of aryl methyl sites for hydroxylation is 2. The molecule has 0 saturated carbocycles. The molecule has 5 heteroatoms. The van der Waals surface area contributed by atoms with Crippen molar-refractivity contribution >= 4 is 0 Å². The first-order valence-electron chi connectivity index (χ1n) is 7.00. The highest BCUT2D eigenvalue weighted by Gasteiger charge is 2.23. The van der Waals surface area contributed by atoms with E-state index in [0.717, 1.165) is 50.7 Å². The summed E-state index contributed by atoms with van der Waals surface area (Å²) in [5.74, 6) is 0.947. The molecule has 0 unspecified atom stereocenters. The van der Waals surface area contributed by atoms with E-state index in [9.17, 15) is 0 Å². The molecule has 1 saturated heterocycles. The first kappa shape index (κ1) is 14.5. The first-order chi connectivity index (χ1) is 8.85. The Balaban J connectivity index is 1.84. The molecule has 1 fully saturated rings. The summed E-state index contributed by atoms with van der Waals surface area (Å²) in [6.45, 7) is 14.4. The zero-order valence-corrected chi connectivity index (χ0v) is 12.6. The largest absolute Gasteiger partial charge is 0.361 e. The Morgan fingerprint density at radius 2 is 1.74 bits per heavy atom. The van der Waals surface area contributed by atoms with Crippen molar-refractivity contribution in [2.24, 2.45) is 5.73 Å². The lowest BCUT2D eigenvalue weighted by molar-refractivity contribution is 0.111. The Morgan fingerprint density at radius 1 is 1.16 bits per heavy atom. The van der Waals surface area contributed by atoms with Gasteiger partial charge in [-0.25, -0.2) is 0 Å². The molecule has 19 heavy (non-hydrogen) atoms. The van der Waals surface area contributed by atoms with Crippen molar-refractivity contribution in [3.8, 4) is 0 Å². The molecule has 0 aromatic carbocycles. The molecule has 5 nitrogen and oxygen atoms in total. The van der Waals surface area contributed by atoms with Crippen LogP contribution in [0.4, 0.5) is 0 Å².